The fourth-order valence-corrected chi connectivity index (χ4v) is 2.69. The summed E-state index contributed by atoms with van der Waals surface area (Å²) in [5.74, 6) is 0.724. The van der Waals surface area contributed by atoms with Gasteiger partial charge in [0.1, 0.15) is 5.76 Å². The second kappa shape index (κ2) is 10.3. The van der Waals surface area contributed by atoms with Crippen molar-refractivity contribution < 1.29 is 18.7 Å². The van der Waals surface area contributed by atoms with E-state index in [1.807, 2.05) is 6.92 Å². The number of likely N-dealkylation sites (tertiary alicyclic amines) is 1. The lowest BCUT2D eigenvalue weighted by atomic mass is 9.97. The van der Waals surface area contributed by atoms with Crippen LogP contribution in [-0.4, -0.2) is 49.5 Å². The number of guanidine groups is 1. The number of nitrogens with one attached hydrogen (secondary N) is 1. The fourth-order valence-electron chi connectivity index (χ4n) is 2.69. The number of esters is 1. The first-order valence-electron chi connectivity index (χ1n) is 8.05. The zero-order valence-electron chi connectivity index (χ0n) is 14.5. The molecule has 0 bridgehead atoms. The third-order valence-corrected chi connectivity index (χ3v) is 3.95. The van der Waals surface area contributed by atoms with Gasteiger partial charge in [-0.25, -0.2) is 0 Å². The second-order valence-corrected chi connectivity index (χ2v) is 5.54. The number of halogens is 1. The molecule has 0 saturated carbocycles. The van der Waals surface area contributed by atoms with Gasteiger partial charge in [-0.15, -0.1) is 24.0 Å². The maximum absolute atomic E-state index is 11.8. The molecule has 0 spiro atoms. The van der Waals surface area contributed by atoms with E-state index in [1.165, 1.54) is 0 Å². The van der Waals surface area contributed by atoms with E-state index in [0.29, 0.717) is 18.9 Å². The highest BCUT2D eigenvalue weighted by Gasteiger charge is 2.27. The molecule has 0 atom stereocenters. The highest BCUT2D eigenvalue weighted by atomic mass is 127. The summed E-state index contributed by atoms with van der Waals surface area (Å²) in [6, 6.07) is 3.25. The minimum atomic E-state index is -0.591. The van der Waals surface area contributed by atoms with Crippen LogP contribution in [0.3, 0.4) is 0 Å². The van der Waals surface area contributed by atoms with Crippen LogP contribution in [0.5, 0.6) is 0 Å². The van der Waals surface area contributed by atoms with E-state index in [-0.39, 0.29) is 41.6 Å². The van der Waals surface area contributed by atoms with Gasteiger partial charge in [-0.1, -0.05) is 0 Å². The first kappa shape index (κ1) is 21.3. The first-order valence-corrected chi connectivity index (χ1v) is 8.05. The predicted octanol–water partition coefficient (Wildman–Crippen LogP) is 1.35. The minimum absolute atomic E-state index is 0. The Bertz CT molecular complexity index is 609. The van der Waals surface area contributed by atoms with E-state index in [1.54, 1.807) is 19.2 Å². The summed E-state index contributed by atoms with van der Waals surface area (Å²) in [6.45, 7) is 4.09. The molecule has 1 fully saturated rings. The maximum Gasteiger partial charge on any atom is 0.309 e. The van der Waals surface area contributed by atoms with Crippen molar-refractivity contribution in [1.29, 1.82) is 0 Å². The van der Waals surface area contributed by atoms with Crippen molar-refractivity contribution >= 4 is 41.8 Å². The van der Waals surface area contributed by atoms with Crippen molar-refractivity contribution in [3.05, 3.63) is 23.7 Å². The number of hydrogen-bond donors (Lipinski definition) is 2. The first-order chi connectivity index (χ1) is 11.5. The Hall–Kier alpha value is -1.78. The lowest BCUT2D eigenvalue weighted by molar-refractivity contribution is -0.149. The average Bonchev–Trinajstić information content (AvgIpc) is 3.05. The molecule has 1 aromatic rings. The number of carbonyl (C=O) groups is 2. The number of ether oxygens (including phenoxy) is 1. The summed E-state index contributed by atoms with van der Waals surface area (Å²) >= 11 is 0. The molecule has 1 aromatic heterocycles. The highest BCUT2D eigenvalue weighted by Crippen LogP contribution is 2.19. The van der Waals surface area contributed by atoms with Crippen LogP contribution in [0.4, 0.5) is 0 Å². The summed E-state index contributed by atoms with van der Waals surface area (Å²) in [6.07, 6.45) is 1.48. The van der Waals surface area contributed by atoms with E-state index in [4.69, 9.17) is 14.9 Å². The normalized spacial score (nSPS) is 15.4. The van der Waals surface area contributed by atoms with E-state index in [2.05, 4.69) is 15.2 Å². The monoisotopic (exact) mass is 464 g/mol. The van der Waals surface area contributed by atoms with E-state index < -0.39 is 5.91 Å². The molecule has 0 radical (unpaired) electrons. The van der Waals surface area contributed by atoms with Gasteiger partial charge in [0.15, 0.2) is 11.7 Å². The molecule has 1 aliphatic rings. The van der Waals surface area contributed by atoms with Crippen LogP contribution in [-0.2, 0) is 16.1 Å². The van der Waals surface area contributed by atoms with Gasteiger partial charge in [0, 0.05) is 20.1 Å². The van der Waals surface area contributed by atoms with Crippen molar-refractivity contribution in [3.8, 4) is 0 Å². The molecule has 8 nitrogen and oxygen atoms in total. The molecular formula is C16H25IN4O4. The molecule has 1 aliphatic heterocycles. The maximum atomic E-state index is 11.8. The largest absolute Gasteiger partial charge is 0.466 e. The summed E-state index contributed by atoms with van der Waals surface area (Å²) in [4.78, 5) is 29.1. The smallest absolute Gasteiger partial charge is 0.309 e. The van der Waals surface area contributed by atoms with Crippen LogP contribution in [0, 0.1) is 5.92 Å². The standard InChI is InChI=1S/C16H24N4O4.HI/c1-3-23-15(22)11-6-8-20(9-7-11)16(18-2)19-10-12-4-5-13(24-12)14(17)21;/h4-5,11H,3,6-10H2,1-2H3,(H2,17,21)(H,18,19);1H. The van der Waals surface area contributed by atoms with Gasteiger partial charge in [-0.05, 0) is 31.9 Å². The summed E-state index contributed by atoms with van der Waals surface area (Å²) in [7, 11) is 1.71. The lowest BCUT2D eigenvalue weighted by Crippen LogP contribution is -2.46. The van der Waals surface area contributed by atoms with Crippen molar-refractivity contribution in [3.63, 3.8) is 0 Å². The molecule has 2 rings (SSSR count). The van der Waals surface area contributed by atoms with Crippen LogP contribution in [0.1, 0.15) is 36.1 Å². The second-order valence-electron chi connectivity index (χ2n) is 5.54. The Morgan fingerprint density at radius 2 is 2.08 bits per heavy atom. The van der Waals surface area contributed by atoms with Gasteiger partial charge in [0.05, 0.1) is 19.1 Å². The van der Waals surface area contributed by atoms with Crippen LogP contribution in [0.2, 0.25) is 0 Å². The number of primary amides is 1. The van der Waals surface area contributed by atoms with E-state index >= 15 is 0 Å². The van der Waals surface area contributed by atoms with E-state index in [0.717, 1.165) is 31.9 Å². The van der Waals surface area contributed by atoms with E-state index in [9.17, 15) is 9.59 Å². The van der Waals surface area contributed by atoms with Gasteiger partial charge in [-0.2, -0.15) is 0 Å². The number of nitrogens with zero attached hydrogens (tertiary/aromatic N) is 2. The minimum Gasteiger partial charge on any atom is -0.466 e. The third kappa shape index (κ3) is 5.91. The molecule has 1 amide bonds. The number of rotatable bonds is 5. The van der Waals surface area contributed by atoms with Crippen LogP contribution in [0.15, 0.2) is 21.5 Å². The summed E-state index contributed by atoms with van der Waals surface area (Å²) in [5.41, 5.74) is 5.16. The molecule has 2 heterocycles. The van der Waals surface area contributed by atoms with Gasteiger partial charge in [-0.3, -0.25) is 14.6 Å². The SMILES string of the molecule is CCOC(=O)C1CCN(C(=NC)NCc2ccc(C(N)=O)o2)CC1.I. The Balaban J connectivity index is 0.00000312. The third-order valence-electron chi connectivity index (χ3n) is 3.95. The van der Waals surface area contributed by atoms with Crippen LogP contribution >= 0.6 is 24.0 Å². The summed E-state index contributed by atoms with van der Waals surface area (Å²) in [5, 5.41) is 3.19. The Morgan fingerprint density at radius 3 is 2.60 bits per heavy atom. The zero-order valence-corrected chi connectivity index (χ0v) is 16.8. The number of aliphatic imine (C=N–C) groups is 1. The molecule has 3 N–H and O–H groups in total. The molecule has 0 unspecified atom stereocenters. The molecule has 0 aromatic carbocycles. The average molecular weight is 464 g/mol. The van der Waals surface area contributed by atoms with Gasteiger partial charge in [0.25, 0.3) is 5.91 Å². The van der Waals surface area contributed by atoms with Crippen LogP contribution < -0.4 is 11.1 Å². The van der Waals surface area contributed by atoms with Crippen molar-refractivity contribution in [2.24, 2.45) is 16.6 Å². The molecule has 0 aliphatic carbocycles. The highest BCUT2D eigenvalue weighted by molar-refractivity contribution is 14.0. The van der Waals surface area contributed by atoms with Gasteiger partial charge in [0.2, 0.25) is 0 Å². The van der Waals surface area contributed by atoms with Crippen molar-refractivity contribution in [1.82, 2.24) is 10.2 Å². The molecular weight excluding hydrogens is 439 g/mol. The quantitative estimate of drug-likeness (QED) is 0.295. The molecule has 25 heavy (non-hydrogen) atoms. The van der Waals surface area contributed by atoms with Crippen molar-refractivity contribution in [2.75, 3.05) is 26.7 Å². The number of carbonyl (C=O) groups excluding carboxylic acids is 2. The number of amides is 1. The van der Waals surface area contributed by atoms with Crippen molar-refractivity contribution in [2.45, 2.75) is 26.3 Å². The number of furan rings is 1. The lowest BCUT2D eigenvalue weighted by Gasteiger charge is -2.33. The molecule has 1 saturated heterocycles. The fraction of sp³-hybridized carbons (Fsp3) is 0.562. The Labute approximate surface area is 164 Å². The Kier molecular flexibility index (Phi) is 8.73. The molecule has 9 heteroatoms. The number of piperidine rings is 1. The Morgan fingerprint density at radius 1 is 1.40 bits per heavy atom. The molecule has 140 valence electrons. The predicted molar refractivity (Wildman–Crippen MR) is 104 cm³/mol. The number of nitrogens with two attached hydrogens (primary N) is 1. The van der Waals surface area contributed by atoms with Gasteiger partial charge < -0.3 is 25.1 Å². The number of hydrogen-bond acceptors (Lipinski definition) is 5. The zero-order chi connectivity index (χ0) is 17.5. The summed E-state index contributed by atoms with van der Waals surface area (Å²) < 4.78 is 10.4. The van der Waals surface area contributed by atoms with Gasteiger partial charge >= 0.3 is 5.97 Å². The van der Waals surface area contributed by atoms with Crippen LogP contribution in [0.25, 0.3) is 0 Å². The topological polar surface area (TPSA) is 110 Å².